The fourth-order valence-electron chi connectivity index (χ4n) is 2.60. The number of halogens is 7. The van der Waals surface area contributed by atoms with Crippen LogP contribution in [-0.2, 0) is 18.9 Å². The molecule has 9 heteroatoms. The quantitative estimate of drug-likeness (QED) is 0.727. The van der Waals surface area contributed by atoms with Crippen molar-refractivity contribution in [3.63, 3.8) is 0 Å². The van der Waals surface area contributed by atoms with E-state index in [-0.39, 0.29) is 0 Å². The second-order valence-electron chi connectivity index (χ2n) is 5.56. The maximum absolute atomic E-state index is 13.6. The number of nitrogens with zero attached hydrogens (tertiary/aromatic N) is 2. The van der Waals surface area contributed by atoms with E-state index in [0.29, 0.717) is 23.4 Å². The zero-order valence-electron chi connectivity index (χ0n) is 12.0. The third-order valence-electron chi connectivity index (χ3n) is 3.95. The second-order valence-corrected chi connectivity index (χ2v) is 5.56. The highest BCUT2D eigenvalue weighted by molar-refractivity contribution is 5.59. The predicted molar refractivity (Wildman–Crippen MR) is 70.9 cm³/mol. The lowest BCUT2D eigenvalue weighted by Gasteiger charge is -2.28. The summed E-state index contributed by atoms with van der Waals surface area (Å²) in [6, 6.07) is 3.26. The molecular weight excluding hydrogens is 341 g/mol. The van der Waals surface area contributed by atoms with Crippen LogP contribution in [0.15, 0.2) is 30.5 Å². The lowest BCUT2D eigenvalue weighted by atomic mass is 10.00. The Labute approximate surface area is 131 Å². The van der Waals surface area contributed by atoms with Gasteiger partial charge in [-0.2, -0.15) is 30.7 Å². The average Bonchev–Trinajstić information content (AvgIpc) is 3.07. The summed E-state index contributed by atoms with van der Waals surface area (Å²) in [4.78, 5) is 4.29. The molecular formula is C15H11F7N2. The summed E-state index contributed by atoms with van der Waals surface area (Å²) in [5.41, 5.74) is -0.575. The van der Waals surface area contributed by atoms with Crippen molar-refractivity contribution in [3.05, 3.63) is 41.9 Å². The summed E-state index contributed by atoms with van der Waals surface area (Å²) in [6.45, 7) is 0.774. The zero-order chi connectivity index (χ0) is 17.8. The molecule has 3 rings (SSSR count). The van der Waals surface area contributed by atoms with Gasteiger partial charge in [-0.3, -0.25) is 0 Å². The summed E-state index contributed by atoms with van der Waals surface area (Å²) in [7, 11) is 0. The fraction of sp³-hybridized carbons (Fsp3) is 0.400. The Morgan fingerprint density at radius 1 is 0.917 bits per heavy atom. The molecule has 1 aromatic heterocycles. The molecule has 1 aromatic carbocycles. The van der Waals surface area contributed by atoms with Crippen molar-refractivity contribution >= 4 is 0 Å². The lowest BCUT2D eigenvalue weighted by molar-refractivity contribution is -0.359. The summed E-state index contributed by atoms with van der Waals surface area (Å²) in [5, 5.41) is 0. The number of imidazole rings is 1. The number of aryl methyl sites for hydroxylation is 2. The maximum atomic E-state index is 13.6. The van der Waals surface area contributed by atoms with Crippen LogP contribution in [0.1, 0.15) is 17.8 Å². The molecule has 2 nitrogen and oxygen atoms in total. The number of rotatable bonds is 3. The molecule has 1 aliphatic heterocycles. The monoisotopic (exact) mass is 352 g/mol. The molecule has 0 bridgehead atoms. The number of hydrogen-bond acceptors (Lipinski definition) is 1. The molecule has 0 N–H and O–H groups in total. The van der Waals surface area contributed by atoms with Crippen molar-refractivity contribution in [1.29, 1.82) is 0 Å². The Morgan fingerprint density at radius 3 is 2.08 bits per heavy atom. The minimum absolute atomic E-state index is 0.367. The average molecular weight is 352 g/mol. The van der Waals surface area contributed by atoms with Gasteiger partial charge in [-0.05, 0) is 6.42 Å². The van der Waals surface area contributed by atoms with Gasteiger partial charge in [0, 0.05) is 30.3 Å². The van der Waals surface area contributed by atoms with Crippen LogP contribution in [0.25, 0.3) is 11.3 Å². The minimum atomic E-state index is -6.35. The van der Waals surface area contributed by atoms with E-state index in [1.165, 1.54) is 0 Å². The molecule has 0 atom stereocenters. The molecule has 24 heavy (non-hydrogen) atoms. The van der Waals surface area contributed by atoms with Crippen molar-refractivity contribution < 1.29 is 30.7 Å². The zero-order valence-corrected chi connectivity index (χ0v) is 12.0. The largest absolute Gasteiger partial charge is 0.460 e. The van der Waals surface area contributed by atoms with Gasteiger partial charge in [0.05, 0.1) is 5.69 Å². The third kappa shape index (κ3) is 2.46. The van der Waals surface area contributed by atoms with E-state index in [0.717, 1.165) is 37.3 Å². The van der Waals surface area contributed by atoms with Crippen LogP contribution in [-0.4, -0.2) is 21.6 Å². The number of fused-ring (bicyclic) bond motifs is 1. The minimum Gasteiger partial charge on any atom is -0.334 e. The Morgan fingerprint density at radius 2 is 1.54 bits per heavy atom. The van der Waals surface area contributed by atoms with Crippen molar-refractivity contribution in [2.45, 2.75) is 37.4 Å². The van der Waals surface area contributed by atoms with Crippen LogP contribution in [0.4, 0.5) is 30.7 Å². The van der Waals surface area contributed by atoms with Gasteiger partial charge in [-0.25, -0.2) is 4.98 Å². The molecule has 0 saturated carbocycles. The highest BCUT2D eigenvalue weighted by atomic mass is 19.4. The standard InChI is InChI=1S/C15H11F7N2/c16-13(17,14(18,19)15(20,21)22)10-5-3-9(4-6-10)11-8-24-7-1-2-12(24)23-11/h3-6,8H,1-2,7H2. The number of benzene rings is 1. The molecule has 2 aromatic rings. The number of alkyl halides is 7. The van der Waals surface area contributed by atoms with Crippen molar-refractivity contribution in [1.82, 2.24) is 9.55 Å². The Bertz CT molecular complexity index is 723. The van der Waals surface area contributed by atoms with Gasteiger partial charge in [0.25, 0.3) is 0 Å². The van der Waals surface area contributed by atoms with Gasteiger partial charge in [0.2, 0.25) is 0 Å². The first-order valence-corrected chi connectivity index (χ1v) is 7.03. The van der Waals surface area contributed by atoms with Gasteiger partial charge in [0.1, 0.15) is 5.82 Å². The Kier molecular flexibility index (Phi) is 3.65. The molecule has 0 saturated heterocycles. The smallest absolute Gasteiger partial charge is 0.334 e. The fourth-order valence-corrected chi connectivity index (χ4v) is 2.60. The Hall–Kier alpha value is -2.06. The van der Waals surface area contributed by atoms with Gasteiger partial charge >= 0.3 is 18.0 Å². The highest BCUT2D eigenvalue weighted by Crippen LogP contribution is 2.51. The Balaban J connectivity index is 1.91. The first kappa shape index (κ1) is 16.8. The number of aromatic nitrogens is 2. The summed E-state index contributed by atoms with van der Waals surface area (Å²) in [5.74, 6) is -10.7. The molecule has 0 radical (unpaired) electrons. The van der Waals surface area contributed by atoms with E-state index in [1.807, 2.05) is 4.57 Å². The predicted octanol–water partition coefficient (Wildman–Crippen LogP) is 4.79. The van der Waals surface area contributed by atoms with Crippen LogP contribution < -0.4 is 0 Å². The van der Waals surface area contributed by atoms with Crippen LogP contribution in [0.2, 0.25) is 0 Å². The molecule has 0 amide bonds. The van der Waals surface area contributed by atoms with Crippen LogP contribution >= 0.6 is 0 Å². The summed E-state index contributed by atoms with van der Waals surface area (Å²) >= 11 is 0. The molecule has 2 heterocycles. The highest BCUT2D eigenvalue weighted by Gasteiger charge is 2.73. The maximum Gasteiger partial charge on any atom is 0.460 e. The van der Waals surface area contributed by atoms with E-state index >= 15 is 0 Å². The summed E-state index contributed by atoms with van der Waals surface area (Å²) in [6.07, 6.45) is -2.94. The van der Waals surface area contributed by atoms with E-state index in [9.17, 15) is 30.7 Å². The third-order valence-corrected chi connectivity index (χ3v) is 3.95. The second kappa shape index (κ2) is 5.22. The SMILES string of the molecule is FC(F)(F)C(F)(F)C(F)(F)c1ccc(-c2cn3c(n2)CCC3)cc1. The van der Waals surface area contributed by atoms with Crippen molar-refractivity contribution in [2.75, 3.05) is 0 Å². The molecule has 130 valence electrons. The van der Waals surface area contributed by atoms with Crippen molar-refractivity contribution in [3.8, 4) is 11.3 Å². The van der Waals surface area contributed by atoms with Crippen LogP contribution in [0, 0.1) is 0 Å². The lowest BCUT2D eigenvalue weighted by Crippen LogP contribution is -2.49. The van der Waals surface area contributed by atoms with Crippen LogP contribution in [0.3, 0.4) is 0 Å². The topological polar surface area (TPSA) is 17.8 Å². The van der Waals surface area contributed by atoms with Gasteiger partial charge in [-0.15, -0.1) is 0 Å². The van der Waals surface area contributed by atoms with Gasteiger partial charge < -0.3 is 4.57 Å². The van der Waals surface area contributed by atoms with E-state index in [4.69, 9.17) is 0 Å². The normalized spacial score (nSPS) is 15.6. The molecule has 0 aliphatic carbocycles. The number of hydrogen-bond donors (Lipinski definition) is 0. The van der Waals surface area contributed by atoms with E-state index < -0.39 is 23.6 Å². The van der Waals surface area contributed by atoms with Gasteiger partial charge in [-0.1, -0.05) is 24.3 Å². The first-order valence-electron chi connectivity index (χ1n) is 7.03. The first-order chi connectivity index (χ1) is 11.0. The van der Waals surface area contributed by atoms with Crippen molar-refractivity contribution in [2.24, 2.45) is 0 Å². The molecule has 1 aliphatic rings. The van der Waals surface area contributed by atoms with Gasteiger partial charge in [0.15, 0.2) is 0 Å². The van der Waals surface area contributed by atoms with E-state index in [2.05, 4.69) is 4.98 Å². The molecule has 0 spiro atoms. The molecule has 0 fully saturated rings. The summed E-state index contributed by atoms with van der Waals surface area (Å²) < 4.78 is 91.8. The van der Waals surface area contributed by atoms with E-state index in [1.54, 1.807) is 6.20 Å². The molecule has 0 unspecified atom stereocenters. The van der Waals surface area contributed by atoms with Crippen LogP contribution in [0.5, 0.6) is 0 Å².